The minimum Gasteiger partial charge on any atom is -0.352 e. The van der Waals surface area contributed by atoms with Gasteiger partial charge in [-0.15, -0.1) is 0 Å². The number of benzene rings is 1. The molecule has 0 bridgehead atoms. The zero-order valence-corrected chi connectivity index (χ0v) is 14.9. The first-order valence-corrected chi connectivity index (χ1v) is 8.57. The molecule has 3 rings (SSSR count). The summed E-state index contributed by atoms with van der Waals surface area (Å²) < 4.78 is 0.974. The molecule has 2 heterocycles. The molecular weight excluding hydrogens is 370 g/mol. The van der Waals surface area contributed by atoms with Crippen molar-refractivity contribution in [2.75, 3.05) is 11.4 Å². The third-order valence-corrected chi connectivity index (χ3v) is 4.65. The molecule has 5 nitrogen and oxygen atoms in total. The number of hydrogen-bond donors (Lipinski definition) is 1. The Hall–Kier alpha value is -2.21. The lowest BCUT2D eigenvalue weighted by Crippen LogP contribution is -2.32. The molecule has 1 fully saturated rings. The molecule has 0 spiro atoms. The lowest BCUT2D eigenvalue weighted by atomic mass is 10.1. The fourth-order valence-corrected chi connectivity index (χ4v) is 3.35. The lowest BCUT2D eigenvalue weighted by Gasteiger charge is -2.19. The minimum atomic E-state index is -0.317. The summed E-state index contributed by atoms with van der Waals surface area (Å²) in [6.07, 6.45) is 3.63. The van der Waals surface area contributed by atoms with Gasteiger partial charge in [0.25, 0.3) is 0 Å². The van der Waals surface area contributed by atoms with Gasteiger partial charge >= 0.3 is 0 Å². The predicted molar refractivity (Wildman–Crippen MR) is 95.4 cm³/mol. The van der Waals surface area contributed by atoms with Crippen molar-refractivity contribution in [2.45, 2.75) is 19.9 Å². The van der Waals surface area contributed by atoms with Crippen LogP contribution in [0.15, 0.2) is 47.2 Å². The standard InChI is InChI=1S/C18H18BrN3O2/c1-12-8-15(19)2-3-16(12)22-11-14(9-17(22)23)18(24)21-10-13-4-6-20-7-5-13/h2-8,14H,9-11H2,1H3,(H,21,24). The molecule has 1 aliphatic heterocycles. The SMILES string of the molecule is Cc1cc(Br)ccc1N1CC(C(=O)NCc2ccncc2)CC1=O. The summed E-state index contributed by atoms with van der Waals surface area (Å²) in [6.45, 7) is 2.83. The van der Waals surface area contributed by atoms with E-state index in [1.165, 1.54) is 0 Å². The lowest BCUT2D eigenvalue weighted by molar-refractivity contribution is -0.126. The predicted octanol–water partition coefficient (Wildman–Crippen LogP) is 2.82. The molecule has 1 aliphatic rings. The number of aromatic nitrogens is 1. The monoisotopic (exact) mass is 387 g/mol. The fraction of sp³-hybridized carbons (Fsp3) is 0.278. The summed E-state index contributed by atoms with van der Waals surface area (Å²) in [5.41, 5.74) is 2.87. The molecule has 0 radical (unpaired) electrons. The first-order valence-electron chi connectivity index (χ1n) is 7.77. The highest BCUT2D eigenvalue weighted by atomic mass is 79.9. The number of nitrogens with zero attached hydrogens (tertiary/aromatic N) is 2. The summed E-state index contributed by atoms with van der Waals surface area (Å²) in [4.78, 5) is 30.4. The highest BCUT2D eigenvalue weighted by Gasteiger charge is 2.35. The maximum absolute atomic E-state index is 12.4. The molecule has 2 aromatic rings. The first-order chi connectivity index (χ1) is 11.5. The topological polar surface area (TPSA) is 62.3 Å². The van der Waals surface area contributed by atoms with E-state index < -0.39 is 0 Å². The Balaban J connectivity index is 1.64. The van der Waals surface area contributed by atoms with Gasteiger partial charge in [-0.05, 0) is 48.4 Å². The molecule has 1 aromatic heterocycles. The number of pyridine rings is 1. The molecule has 0 aliphatic carbocycles. The Labute approximate surface area is 149 Å². The van der Waals surface area contributed by atoms with Crippen LogP contribution in [0, 0.1) is 12.8 Å². The number of nitrogens with one attached hydrogen (secondary N) is 1. The van der Waals surface area contributed by atoms with Gasteiger partial charge < -0.3 is 10.2 Å². The maximum atomic E-state index is 12.4. The zero-order chi connectivity index (χ0) is 17.1. The van der Waals surface area contributed by atoms with E-state index in [4.69, 9.17) is 0 Å². The van der Waals surface area contributed by atoms with Gasteiger partial charge in [-0.25, -0.2) is 0 Å². The smallest absolute Gasteiger partial charge is 0.227 e. The summed E-state index contributed by atoms with van der Waals surface area (Å²) in [7, 11) is 0. The third-order valence-electron chi connectivity index (χ3n) is 4.16. The van der Waals surface area contributed by atoms with Crippen molar-refractivity contribution in [2.24, 2.45) is 5.92 Å². The first kappa shape index (κ1) is 16.6. The molecule has 1 unspecified atom stereocenters. The molecule has 6 heteroatoms. The zero-order valence-electron chi connectivity index (χ0n) is 13.3. The average Bonchev–Trinajstić information content (AvgIpc) is 2.95. The van der Waals surface area contributed by atoms with Crippen LogP contribution in [-0.2, 0) is 16.1 Å². The number of halogens is 1. The van der Waals surface area contributed by atoms with Crippen LogP contribution in [0.1, 0.15) is 17.5 Å². The minimum absolute atomic E-state index is 0.00974. The summed E-state index contributed by atoms with van der Waals surface area (Å²) in [5, 5.41) is 2.90. The molecule has 24 heavy (non-hydrogen) atoms. The molecule has 1 N–H and O–H groups in total. The molecule has 1 aromatic carbocycles. The normalized spacial score (nSPS) is 17.2. The number of hydrogen-bond acceptors (Lipinski definition) is 3. The van der Waals surface area contributed by atoms with E-state index in [1.54, 1.807) is 17.3 Å². The van der Waals surface area contributed by atoms with Crippen LogP contribution >= 0.6 is 15.9 Å². The Morgan fingerprint density at radius 3 is 2.79 bits per heavy atom. The van der Waals surface area contributed by atoms with Gasteiger partial charge in [-0.3, -0.25) is 14.6 Å². The average molecular weight is 388 g/mol. The number of carbonyl (C=O) groups excluding carboxylic acids is 2. The Morgan fingerprint density at radius 1 is 1.33 bits per heavy atom. The van der Waals surface area contributed by atoms with Crippen molar-refractivity contribution < 1.29 is 9.59 Å². The van der Waals surface area contributed by atoms with Gasteiger partial charge in [0.1, 0.15) is 0 Å². The third kappa shape index (κ3) is 3.64. The highest BCUT2D eigenvalue weighted by Crippen LogP contribution is 2.29. The van der Waals surface area contributed by atoms with E-state index in [9.17, 15) is 9.59 Å². The van der Waals surface area contributed by atoms with Crippen molar-refractivity contribution >= 4 is 33.4 Å². The second kappa shape index (κ2) is 7.13. The van der Waals surface area contributed by atoms with Crippen LogP contribution in [-0.4, -0.2) is 23.3 Å². The molecule has 0 saturated carbocycles. The maximum Gasteiger partial charge on any atom is 0.227 e. The Kier molecular flexibility index (Phi) is 4.94. The quantitative estimate of drug-likeness (QED) is 0.876. The fourth-order valence-electron chi connectivity index (χ4n) is 2.87. The Bertz CT molecular complexity index is 764. The van der Waals surface area contributed by atoms with Crippen molar-refractivity contribution in [3.05, 3.63) is 58.3 Å². The summed E-state index contributed by atoms with van der Waals surface area (Å²) in [5.74, 6) is -0.413. The van der Waals surface area contributed by atoms with Gasteiger partial charge in [0.2, 0.25) is 11.8 Å². The summed E-state index contributed by atoms with van der Waals surface area (Å²) >= 11 is 3.43. The van der Waals surface area contributed by atoms with Gasteiger partial charge in [0.15, 0.2) is 0 Å². The van der Waals surface area contributed by atoms with Crippen LogP contribution in [0.5, 0.6) is 0 Å². The number of rotatable bonds is 4. The molecule has 1 atom stereocenters. The number of carbonyl (C=O) groups is 2. The van der Waals surface area contributed by atoms with Crippen molar-refractivity contribution in [1.29, 1.82) is 0 Å². The number of anilines is 1. The van der Waals surface area contributed by atoms with Crippen LogP contribution in [0.25, 0.3) is 0 Å². The van der Waals surface area contributed by atoms with Crippen LogP contribution < -0.4 is 10.2 Å². The van der Waals surface area contributed by atoms with Crippen LogP contribution in [0.2, 0.25) is 0 Å². The van der Waals surface area contributed by atoms with E-state index >= 15 is 0 Å². The Morgan fingerprint density at radius 2 is 2.08 bits per heavy atom. The molecule has 2 amide bonds. The van der Waals surface area contributed by atoms with Gasteiger partial charge in [0, 0.05) is 42.1 Å². The van der Waals surface area contributed by atoms with E-state index in [0.29, 0.717) is 13.1 Å². The molecule has 124 valence electrons. The van der Waals surface area contributed by atoms with Gasteiger partial charge in [-0.2, -0.15) is 0 Å². The van der Waals surface area contributed by atoms with Crippen molar-refractivity contribution in [1.82, 2.24) is 10.3 Å². The van der Waals surface area contributed by atoms with Gasteiger partial charge in [-0.1, -0.05) is 15.9 Å². The van der Waals surface area contributed by atoms with E-state index in [1.807, 2.05) is 37.3 Å². The number of aryl methyl sites for hydroxylation is 1. The molecule has 1 saturated heterocycles. The van der Waals surface area contributed by atoms with Crippen LogP contribution in [0.3, 0.4) is 0 Å². The van der Waals surface area contributed by atoms with E-state index in [-0.39, 0.29) is 24.2 Å². The molecular formula is C18H18BrN3O2. The largest absolute Gasteiger partial charge is 0.352 e. The second-order valence-electron chi connectivity index (χ2n) is 5.91. The van der Waals surface area contributed by atoms with Crippen molar-refractivity contribution in [3.8, 4) is 0 Å². The van der Waals surface area contributed by atoms with Crippen LogP contribution in [0.4, 0.5) is 5.69 Å². The van der Waals surface area contributed by atoms with E-state index in [2.05, 4.69) is 26.2 Å². The number of amides is 2. The van der Waals surface area contributed by atoms with Crippen molar-refractivity contribution in [3.63, 3.8) is 0 Å². The van der Waals surface area contributed by atoms with Gasteiger partial charge in [0.05, 0.1) is 5.92 Å². The highest BCUT2D eigenvalue weighted by molar-refractivity contribution is 9.10. The summed E-state index contributed by atoms with van der Waals surface area (Å²) in [6, 6.07) is 9.51. The van der Waals surface area contributed by atoms with E-state index in [0.717, 1.165) is 21.3 Å². The second-order valence-corrected chi connectivity index (χ2v) is 6.83.